The number of rotatable bonds is 6. The molecule has 2 aromatic rings. The zero-order valence-corrected chi connectivity index (χ0v) is 13.0. The number of amides is 2. The second-order valence-electron chi connectivity index (χ2n) is 5.35. The summed E-state index contributed by atoms with van der Waals surface area (Å²) in [5.41, 5.74) is 0.964. The first-order valence-electron chi connectivity index (χ1n) is 7.52. The number of pyridine rings is 1. The number of urea groups is 1. The Morgan fingerprint density at radius 1 is 1.22 bits per heavy atom. The molecule has 1 aromatic carbocycles. The van der Waals surface area contributed by atoms with Crippen molar-refractivity contribution in [1.29, 1.82) is 0 Å². The number of anilines is 1. The highest BCUT2D eigenvalue weighted by atomic mass is 16.3. The van der Waals surface area contributed by atoms with Crippen LogP contribution in [0.2, 0.25) is 0 Å². The number of carbonyl (C=O) groups is 1. The monoisotopic (exact) mass is 315 g/mol. The lowest BCUT2D eigenvalue weighted by atomic mass is 10.2. The molecule has 2 amide bonds. The van der Waals surface area contributed by atoms with E-state index in [-0.39, 0.29) is 23.9 Å². The topological polar surface area (TPSA) is 83.4 Å². The normalized spacial score (nSPS) is 11.7. The molecule has 0 spiro atoms. The lowest BCUT2D eigenvalue weighted by Crippen LogP contribution is -2.38. The molecule has 0 saturated carbocycles. The van der Waals surface area contributed by atoms with Crippen LogP contribution >= 0.6 is 0 Å². The zero-order valence-electron chi connectivity index (χ0n) is 13.0. The summed E-state index contributed by atoms with van der Waals surface area (Å²) >= 11 is 0. The zero-order chi connectivity index (χ0) is 16.7. The van der Waals surface area contributed by atoms with E-state index in [1.54, 1.807) is 29.8 Å². The number of aliphatic hydroxyl groups is 1. The SMILES string of the molecule is C[C@H](CCO)NC(=O)Nc1cccn(Cc2ccccc2)c1=O. The molecular weight excluding hydrogens is 294 g/mol. The van der Waals surface area contributed by atoms with Crippen LogP contribution < -0.4 is 16.2 Å². The van der Waals surface area contributed by atoms with E-state index >= 15 is 0 Å². The van der Waals surface area contributed by atoms with Crippen LogP contribution in [0.15, 0.2) is 53.5 Å². The van der Waals surface area contributed by atoms with Crippen molar-refractivity contribution < 1.29 is 9.90 Å². The number of aliphatic hydroxyl groups excluding tert-OH is 1. The predicted molar refractivity (Wildman–Crippen MR) is 89.6 cm³/mol. The Kier molecular flexibility index (Phi) is 5.94. The van der Waals surface area contributed by atoms with Crippen LogP contribution in [0.4, 0.5) is 10.5 Å². The lowest BCUT2D eigenvalue weighted by molar-refractivity contribution is 0.241. The largest absolute Gasteiger partial charge is 0.396 e. The van der Waals surface area contributed by atoms with Crippen molar-refractivity contribution in [2.75, 3.05) is 11.9 Å². The third-order valence-electron chi connectivity index (χ3n) is 3.40. The summed E-state index contributed by atoms with van der Waals surface area (Å²) in [7, 11) is 0. The summed E-state index contributed by atoms with van der Waals surface area (Å²) in [6.07, 6.45) is 2.15. The van der Waals surface area contributed by atoms with Crippen LogP contribution in [-0.2, 0) is 6.54 Å². The van der Waals surface area contributed by atoms with Crippen molar-refractivity contribution in [1.82, 2.24) is 9.88 Å². The van der Waals surface area contributed by atoms with Gasteiger partial charge >= 0.3 is 6.03 Å². The van der Waals surface area contributed by atoms with Gasteiger partial charge in [-0.3, -0.25) is 4.79 Å². The van der Waals surface area contributed by atoms with Crippen molar-refractivity contribution in [3.05, 3.63) is 64.6 Å². The molecule has 0 unspecified atom stereocenters. The second kappa shape index (κ2) is 8.14. The van der Waals surface area contributed by atoms with Crippen LogP contribution in [-0.4, -0.2) is 28.4 Å². The first kappa shape index (κ1) is 16.8. The van der Waals surface area contributed by atoms with E-state index in [1.807, 2.05) is 30.3 Å². The van der Waals surface area contributed by atoms with Gasteiger partial charge in [0.25, 0.3) is 5.56 Å². The fourth-order valence-corrected chi connectivity index (χ4v) is 2.18. The van der Waals surface area contributed by atoms with Gasteiger partial charge in [-0.2, -0.15) is 0 Å². The molecule has 1 aromatic heterocycles. The summed E-state index contributed by atoms with van der Waals surface area (Å²) < 4.78 is 1.54. The molecule has 0 bridgehead atoms. The Balaban J connectivity index is 2.07. The third-order valence-corrected chi connectivity index (χ3v) is 3.40. The number of hydrogen-bond donors (Lipinski definition) is 3. The molecule has 2 rings (SSSR count). The van der Waals surface area contributed by atoms with Crippen LogP contribution in [0.5, 0.6) is 0 Å². The Hall–Kier alpha value is -2.60. The molecule has 0 fully saturated rings. The van der Waals surface area contributed by atoms with Crippen LogP contribution in [0, 0.1) is 0 Å². The van der Waals surface area contributed by atoms with Crippen LogP contribution in [0.25, 0.3) is 0 Å². The number of aromatic nitrogens is 1. The minimum atomic E-state index is -0.458. The minimum Gasteiger partial charge on any atom is -0.396 e. The average molecular weight is 315 g/mol. The standard InChI is InChI=1S/C17H21N3O3/c1-13(9-11-21)18-17(23)19-15-8-5-10-20(16(15)22)12-14-6-3-2-4-7-14/h2-8,10,13,21H,9,11-12H2,1H3,(H2,18,19,23)/t13-/m1/s1. The molecule has 1 atom stereocenters. The Morgan fingerprint density at radius 3 is 2.65 bits per heavy atom. The van der Waals surface area contributed by atoms with E-state index in [9.17, 15) is 9.59 Å². The quantitative estimate of drug-likeness (QED) is 0.760. The molecule has 0 aliphatic rings. The highest BCUT2D eigenvalue weighted by molar-refractivity contribution is 5.89. The summed E-state index contributed by atoms with van der Waals surface area (Å²) in [4.78, 5) is 24.3. The fourth-order valence-electron chi connectivity index (χ4n) is 2.18. The Labute approximate surface area is 134 Å². The van der Waals surface area contributed by atoms with E-state index in [4.69, 9.17) is 5.11 Å². The average Bonchev–Trinajstić information content (AvgIpc) is 2.52. The van der Waals surface area contributed by atoms with Crippen molar-refractivity contribution in [2.24, 2.45) is 0 Å². The summed E-state index contributed by atoms with van der Waals surface area (Å²) in [6.45, 7) is 2.23. The second-order valence-corrected chi connectivity index (χ2v) is 5.35. The summed E-state index contributed by atoms with van der Waals surface area (Å²) in [6, 6.07) is 12.3. The maximum absolute atomic E-state index is 12.4. The van der Waals surface area contributed by atoms with Gasteiger partial charge < -0.3 is 20.3 Å². The first-order chi connectivity index (χ1) is 11.1. The Morgan fingerprint density at radius 2 is 1.96 bits per heavy atom. The number of carbonyl (C=O) groups excluding carboxylic acids is 1. The van der Waals surface area contributed by atoms with E-state index in [0.717, 1.165) is 5.56 Å². The molecule has 0 aliphatic heterocycles. The molecule has 6 heteroatoms. The van der Waals surface area contributed by atoms with Gasteiger partial charge in [0.05, 0.1) is 6.54 Å². The van der Waals surface area contributed by atoms with Crippen molar-refractivity contribution in [3.63, 3.8) is 0 Å². The van der Waals surface area contributed by atoms with Crippen LogP contribution in [0.1, 0.15) is 18.9 Å². The van der Waals surface area contributed by atoms with Crippen LogP contribution in [0.3, 0.4) is 0 Å². The van der Waals surface area contributed by atoms with Gasteiger partial charge in [-0.05, 0) is 31.0 Å². The molecule has 6 nitrogen and oxygen atoms in total. The van der Waals surface area contributed by atoms with Gasteiger partial charge in [-0.25, -0.2) is 4.79 Å². The van der Waals surface area contributed by atoms with Crippen molar-refractivity contribution in [2.45, 2.75) is 25.9 Å². The predicted octanol–water partition coefficient (Wildman–Crippen LogP) is 1.79. The molecule has 1 heterocycles. The minimum absolute atomic E-state index is 0.00331. The van der Waals surface area contributed by atoms with E-state index in [2.05, 4.69) is 10.6 Å². The number of hydrogen-bond acceptors (Lipinski definition) is 3. The van der Waals surface area contributed by atoms with Crippen molar-refractivity contribution in [3.8, 4) is 0 Å². The molecule has 0 aliphatic carbocycles. The maximum Gasteiger partial charge on any atom is 0.319 e. The number of nitrogens with one attached hydrogen (secondary N) is 2. The number of nitrogens with zero attached hydrogens (tertiary/aromatic N) is 1. The number of benzene rings is 1. The molecule has 23 heavy (non-hydrogen) atoms. The van der Waals surface area contributed by atoms with Gasteiger partial charge in [0.2, 0.25) is 0 Å². The summed E-state index contributed by atoms with van der Waals surface area (Å²) in [5.74, 6) is 0. The van der Waals surface area contributed by atoms with Gasteiger partial charge in [0, 0.05) is 18.8 Å². The van der Waals surface area contributed by atoms with Gasteiger partial charge in [0.1, 0.15) is 5.69 Å². The Bertz CT molecular complexity index is 698. The maximum atomic E-state index is 12.4. The fraction of sp³-hybridized carbons (Fsp3) is 0.294. The highest BCUT2D eigenvalue weighted by Gasteiger charge is 2.10. The molecule has 0 saturated heterocycles. The van der Waals surface area contributed by atoms with Gasteiger partial charge in [0.15, 0.2) is 0 Å². The van der Waals surface area contributed by atoms with E-state index < -0.39 is 6.03 Å². The molecule has 3 N–H and O–H groups in total. The molecule has 0 radical (unpaired) electrons. The van der Waals surface area contributed by atoms with Crippen molar-refractivity contribution >= 4 is 11.7 Å². The van der Waals surface area contributed by atoms with Gasteiger partial charge in [-0.1, -0.05) is 30.3 Å². The van der Waals surface area contributed by atoms with Gasteiger partial charge in [-0.15, -0.1) is 0 Å². The van der Waals surface area contributed by atoms with E-state index in [0.29, 0.717) is 13.0 Å². The molecule has 122 valence electrons. The lowest BCUT2D eigenvalue weighted by Gasteiger charge is -2.14. The first-order valence-corrected chi connectivity index (χ1v) is 7.52. The molecular formula is C17H21N3O3. The smallest absolute Gasteiger partial charge is 0.319 e. The summed E-state index contributed by atoms with van der Waals surface area (Å²) in [5, 5.41) is 14.1. The highest BCUT2D eigenvalue weighted by Crippen LogP contribution is 2.04. The third kappa shape index (κ3) is 4.96. The van der Waals surface area contributed by atoms with E-state index in [1.165, 1.54) is 0 Å².